The van der Waals surface area contributed by atoms with Gasteiger partial charge in [0.15, 0.2) is 0 Å². The minimum absolute atomic E-state index is 0.00641. The maximum Gasteiger partial charge on any atom is 0.416 e. The van der Waals surface area contributed by atoms with Crippen molar-refractivity contribution in [2.45, 2.75) is 46.3 Å². The van der Waals surface area contributed by atoms with Crippen molar-refractivity contribution in [3.8, 4) is 11.1 Å². The van der Waals surface area contributed by atoms with Gasteiger partial charge in [-0.2, -0.15) is 13.2 Å². The van der Waals surface area contributed by atoms with Crippen LogP contribution in [0.4, 0.5) is 22.0 Å². The molecule has 158 valence electrons. The van der Waals surface area contributed by atoms with Crippen LogP contribution in [0.3, 0.4) is 0 Å². The lowest BCUT2D eigenvalue weighted by Crippen LogP contribution is -2.21. The SMILES string of the molecule is CCOC(=O)C[C@H](N)c1c(F)c(C)cc(-c2c(C)ccc(C(F)(F)F)c2C)c1F. The molecule has 2 aromatic carbocycles. The fraction of sp³-hybridized carbons (Fsp3) is 0.381. The Morgan fingerprint density at radius 3 is 2.28 bits per heavy atom. The lowest BCUT2D eigenvalue weighted by Gasteiger charge is -2.21. The highest BCUT2D eigenvalue weighted by molar-refractivity contribution is 5.75. The third kappa shape index (κ3) is 4.58. The molecule has 29 heavy (non-hydrogen) atoms. The van der Waals surface area contributed by atoms with Crippen LogP contribution >= 0.6 is 0 Å². The molecule has 0 bridgehead atoms. The molecule has 2 rings (SSSR count). The molecule has 0 aliphatic rings. The van der Waals surface area contributed by atoms with E-state index in [9.17, 15) is 22.4 Å². The number of hydrogen-bond acceptors (Lipinski definition) is 3. The van der Waals surface area contributed by atoms with E-state index in [-0.39, 0.29) is 28.9 Å². The van der Waals surface area contributed by atoms with Gasteiger partial charge in [0.05, 0.1) is 18.6 Å². The van der Waals surface area contributed by atoms with Crippen molar-refractivity contribution in [3.05, 3.63) is 57.7 Å². The predicted molar refractivity (Wildman–Crippen MR) is 99.2 cm³/mol. The Bertz CT molecular complexity index is 938. The van der Waals surface area contributed by atoms with E-state index >= 15 is 4.39 Å². The second-order valence-corrected chi connectivity index (χ2v) is 6.83. The van der Waals surface area contributed by atoms with Gasteiger partial charge in [-0.15, -0.1) is 0 Å². The van der Waals surface area contributed by atoms with Crippen LogP contribution in [0, 0.1) is 32.4 Å². The summed E-state index contributed by atoms with van der Waals surface area (Å²) in [4.78, 5) is 11.7. The van der Waals surface area contributed by atoms with Crippen molar-refractivity contribution in [1.82, 2.24) is 0 Å². The number of aryl methyl sites for hydroxylation is 2. The molecule has 0 amide bonds. The molecule has 3 nitrogen and oxygen atoms in total. The first-order valence-electron chi connectivity index (χ1n) is 8.97. The van der Waals surface area contributed by atoms with E-state index in [0.29, 0.717) is 5.56 Å². The van der Waals surface area contributed by atoms with Crippen molar-refractivity contribution in [1.29, 1.82) is 0 Å². The molecule has 8 heteroatoms. The van der Waals surface area contributed by atoms with Gasteiger partial charge >= 0.3 is 12.1 Å². The molecule has 0 aliphatic heterocycles. The topological polar surface area (TPSA) is 52.3 Å². The van der Waals surface area contributed by atoms with Gasteiger partial charge in [0.25, 0.3) is 0 Å². The smallest absolute Gasteiger partial charge is 0.416 e. The molecule has 0 aromatic heterocycles. The van der Waals surface area contributed by atoms with Gasteiger partial charge in [-0.25, -0.2) is 8.78 Å². The van der Waals surface area contributed by atoms with Crippen LogP contribution in [0.2, 0.25) is 0 Å². The summed E-state index contributed by atoms with van der Waals surface area (Å²) >= 11 is 0. The molecule has 0 heterocycles. The van der Waals surface area contributed by atoms with E-state index in [2.05, 4.69) is 0 Å². The van der Waals surface area contributed by atoms with E-state index in [1.54, 1.807) is 13.8 Å². The van der Waals surface area contributed by atoms with Crippen LogP contribution in [0.1, 0.15) is 47.2 Å². The highest BCUT2D eigenvalue weighted by Gasteiger charge is 2.34. The van der Waals surface area contributed by atoms with Gasteiger partial charge < -0.3 is 10.5 Å². The second-order valence-electron chi connectivity index (χ2n) is 6.83. The van der Waals surface area contributed by atoms with Gasteiger partial charge in [-0.1, -0.05) is 6.07 Å². The quantitative estimate of drug-likeness (QED) is 0.516. The summed E-state index contributed by atoms with van der Waals surface area (Å²) in [5.41, 5.74) is 4.45. The van der Waals surface area contributed by atoms with Crippen LogP contribution in [0.25, 0.3) is 11.1 Å². The fourth-order valence-electron chi connectivity index (χ4n) is 3.37. The van der Waals surface area contributed by atoms with Gasteiger partial charge in [0, 0.05) is 17.2 Å². The van der Waals surface area contributed by atoms with Gasteiger partial charge in [0.1, 0.15) is 11.6 Å². The standard InChI is InChI=1S/C21H22F5NO2/c1-5-29-16(28)9-15(27)18-19(22)11(3)8-13(20(18)23)17-10(2)6-7-14(12(17)4)21(24,25)26/h6-8,15H,5,9,27H2,1-4H3/t15-/m0/s1. The largest absolute Gasteiger partial charge is 0.466 e. The number of alkyl halides is 3. The highest BCUT2D eigenvalue weighted by Crippen LogP contribution is 2.40. The minimum atomic E-state index is -4.62. The Hall–Kier alpha value is -2.48. The zero-order chi connectivity index (χ0) is 22.1. The third-order valence-corrected chi connectivity index (χ3v) is 4.73. The normalized spacial score (nSPS) is 12.8. The maximum absolute atomic E-state index is 15.3. The average Bonchev–Trinajstić information content (AvgIpc) is 2.58. The monoisotopic (exact) mass is 415 g/mol. The van der Waals surface area contributed by atoms with Gasteiger partial charge in [0.2, 0.25) is 0 Å². The van der Waals surface area contributed by atoms with Crippen molar-refractivity contribution < 1.29 is 31.5 Å². The lowest BCUT2D eigenvalue weighted by molar-refractivity contribution is -0.143. The first-order chi connectivity index (χ1) is 13.4. The fourth-order valence-corrected chi connectivity index (χ4v) is 3.37. The summed E-state index contributed by atoms with van der Waals surface area (Å²) in [5, 5.41) is 0. The molecule has 0 spiro atoms. The number of carbonyl (C=O) groups is 1. The molecule has 0 saturated carbocycles. The summed E-state index contributed by atoms with van der Waals surface area (Å²) in [6.07, 6.45) is -5.09. The number of carbonyl (C=O) groups excluding carboxylic acids is 1. The van der Waals surface area contributed by atoms with Crippen molar-refractivity contribution in [2.75, 3.05) is 6.61 Å². The number of esters is 1. The van der Waals surface area contributed by atoms with E-state index in [1.165, 1.54) is 19.9 Å². The molecule has 0 saturated heterocycles. The average molecular weight is 415 g/mol. The van der Waals surface area contributed by atoms with Crippen molar-refractivity contribution in [2.24, 2.45) is 5.73 Å². The molecule has 2 N–H and O–H groups in total. The molecule has 0 fully saturated rings. The molecular weight excluding hydrogens is 393 g/mol. The Kier molecular flexibility index (Phi) is 6.67. The third-order valence-electron chi connectivity index (χ3n) is 4.73. The Morgan fingerprint density at radius 1 is 1.10 bits per heavy atom. The summed E-state index contributed by atoms with van der Waals surface area (Å²) in [5.74, 6) is -2.76. The highest BCUT2D eigenvalue weighted by atomic mass is 19.4. The lowest BCUT2D eigenvalue weighted by atomic mass is 9.88. The first kappa shape index (κ1) is 22.8. The summed E-state index contributed by atoms with van der Waals surface area (Å²) in [7, 11) is 0. The number of benzene rings is 2. The summed E-state index contributed by atoms with van der Waals surface area (Å²) < 4.78 is 74.7. The number of rotatable bonds is 5. The van der Waals surface area contributed by atoms with E-state index in [0.717, 1.165) is 12.1 Å². The van der Waals surface area contributed by atoms with Crippen molar-refractivity contribution in [3.63, 3.8) is 0 Å². The Labute approximate surface area is 165 Å². The minimum Gasteiger partial charge on any atom is -0.466 e. The van der Waals surface area contributed by atoms with Gasteiger partial charge in [-0.05, 0) is 62.1 Å². The van der Waals surface area contributed by atoms with Crippen LogP contribution in [0.15, 0.2) is 18.2 Å². The molecule has 2 aromatic rings. The zero-order valence-corrected chi connectivity index (χ0v) is 16.5. The van der Waals surface area contributed by atoms with E-state index in [1.807, 2.05) is 0 Å². The Balaban J connectivity index is 2.71. The van der Waals surface area contributed by atoms with Crippen LogP contribution in [-0.4, -0.2) is 12.6 Å². The molecule has 0 radical (unpaired) electrons. The number of halogens is 5. The van der Waals surface area contributed by atoms with Crippen LogP contribution in [0.5, 0.6) is 0 Å². The molecular formula is C21H22F5NO2. The van der Waals surface area contributed by atoms with Crippen LogP contribution in [-0.2, 0) is 15.7 Å². The first-order valence-corrected chi connectivity index (χ1v) is 8.97. The summed E-state index contributed by atoms with van der Waals surface area (Å²) in [6.45, 7) is 5.80. The number of hydrogen-bond donors (Lipinski definition) is 1. The summed E-state index contributed by atoms with van der Waals surface area (Å²) in [6, 6.07) is 1.97. The number of ether oxygens (including phenoxy) is 1. The molecule has 1 atom stereocenters. The van der Waals surface area contributed by atoms with Crippen molar-refractivity contribution >= 4 is 5.97 Å². The molecule has 0 aliphatic carbocycles. The Morgan fingerprint density at radius 2 is 1.72 bits per heavy atom. The number of nitrogens with two attached hydrogens (primary N) is 1. The van der Waals surface area contributed by atoms with E-state index < -0.39 is 47.4 Å². The predicted octanol–water partition coefficient (Wildman–Crippen LogP) is 5.53. The van der Waals surface area contributed by atoms with Crippen LogP contribution < -0.4 is 5.73 Å². The second kappa shape index (κ2) is 8.49. The molecule has 0 unspecified atom stereocenters. The van der Waals surface area contributed by atoms with Gasteiger partial charge in [-0.3, -0.25) is 4.79 Å². The zero-order valence-electron chi connectivity index (χ0n) is 16.5. The maximum atomic E-state index is 15.3. The van der Waals surface area contributed by atoms with E-state index in [4.69, 9.17) is 10.5 Å².